The molecule has 0 unspecified atom stereocenters. The Kier molecular flexibility index (Phi) is 5.31. The highest BCUT2D eigenvalue weighted by Gasteiger charge is 2.12. The Balaban J connectivity index is 2.15. The summed E-state index contributed by atoms with van der Waals surface area (Å²) >= 11 is 0. The average Bonchev–Trinajstić information content (AvgIpc) is 2.52. The number of nitrogens with one attached hydrogen (secondary N) is 1. The van der Waals surface area contributed by atoms with Crippen molar-refractivity contribution in [2.45, 2.75) is 6.92 Å². The second kappa shape index (κ2) is 7.41. The number of carbonyl (C=O) groups is 2. The fraction of sp³-hybridized carbons (Fsp3) is 0.111. The van der Waals surface area contributed by atoms with Crippen LogP contribution < -0.4 is 15.8 Å². The minimum absolute atomic E-state index is 0.127. The van der Waals surface area contributed by atoms with E-state index >= 15 is 0 Å². The molecule has 0 aliphatic heterocycles. The van der Waals surface area contributed by atoms with Crippen LogP contribution in [0.2, 0.25) is 0 Å². The van der Waals surface area contributed by atoms with Crippen molar-refractivity contribution < 1.29 is 18.7 Å². The summed E-state index contributed by atoms with van der Waals surface area (Å²) in [6.45, 7) is 1.73. The number of halogens is 1. The van der Waals surface area contributed by atoms with Gasteiger partial charge in [0.1, 0.15) is 0 Å². The molecule has 0 bridgehead atoms. The van der Waals surface area contributed by atoms with Crippen LogP contribution in [0.3, 0.4) is 0 Å². The minimum atomic E-state index is -0.621. The summed E-state index contributed by atoms with van der Waals surface area (Å²) in [6.07, 6.45) is 2.70. The van der Waals surface area contributed by atoms with Crippen LogP contribution in [0.15, 0.2) is 42.5 Å². The molecule has 0 saturated carbocycles. The van der Waals surface area contributed by atoms with Crippen molar-refractivity contribution in [1.29, 1.82) is 0 Å². The molecule has 0 spiro atoms. The van der Waals surface area contributed by atoms with E-state index in [4.69, 9.17) is 10.5 Å². The normalized spacial score (nSPS) is 10.6. The number of methoxy groups -OCH3 is 1. The van der Waals surface area contributed by atoms with Crippen molar-refractivity contribution >= 4 is 23.6 Å². The van der Waals surface area contributed by atoms with E-state index in [2.05, 4.69) is 5.32 Å². The molecule has 0 heterocycles. The quantitative estimate of drug-likeness (QED) is 0.828. The van der Waals surface area contributed by atoms with Gasteiger partial charge in [-0.05, 0) is 42.3 Å². The zero-order valence-electron chi connectivity index (χ0n) is 13.3. The molecule has 3 N–H and O–H groups in total. The number of hydrogen-bond acceptors (Lipinski definition) is 3. The van der Waals surface area contributed by atoms with E-state index in [0.29, 0.717) is 16.8 Å². The maximum atomic E-state index is 13.6. The van der Waals surface area contributed by atoms with Gasteiger partial charge < -0.3 is 15.8 Å². The van der Waals surface area contributed by atoms with E-state index in [1.807, 2.05) is 0 Å². The van der Waals surface area contributed by atoms with Crippen LogP contribution >= 0.6 is 0 Å². The largest absolute Gasteiger partial charge is 0.494 e. The molecule has 2 rings (SSSR count). The number of hydrogen-bond donors (Lipinski definition) is 2. The summed E-state index contributed by atoms with van der Waals surface area (Å²) in [5.41, 5.74) is 7.10. The third-order valence-corrected chi connectivity index (χ3v) is 3.38. The summed E-state index contributed by atoms with van der Waals surface area (Å²) in [5.74, 6) is -1.47. The van der Waals surface area contributed by atoms with Crippen LogP contribution in [-0.2, 0) is 4.79 Å². The smallest absolute Gasteiger partial charge is 0.251 e. The van der Waals surface area contributed by atoms with E-state index in [9.17, 15) is 14.0 Å². The lowest BCUT2D eigenvalue weighted by Crippen LogP contribution is -2.18. The number of nitrogens with two attached hydrogens (primary N) is 1. The van der Waals surface area contributed by atoms with E-state index in [-0.39, 0.29) is 11.3 Å². The summed E-state index contributed by atoms with van der Waals surface area (Å²) in [7, 11) is 1.37. The van der Waals surface area contributed by atoms with E-state index in [1.54, 1.807) is 31.2 Å². The molecule has 0 aromatic heterocycles. The first-order valence-electron chi connectivity index (χ1n) is 7.14. The summed E-state index contributed by atoms with van der Waals surface area (Å²) in [6, 6.07) is 9.37. The molecular weight excluding hydrogens is 311 g/mol. The van der Waals surface area contributed by atoms with Gasteiger partial charge in [0.15, 0.2) is 11.6 Å². The van der Waals surface area contributed by atoms with Crippen molar-refractivity contribution in [1.82, 2.24) is 0 Å². The Labute approximate surface area is 138 Å². The lowest BCUT2D eigenvalue weighted by Gasteiger charge is -2.09. The molecule has 5 nitrogen and oxygen atoms in total. The molecule has 24 heavy (non-hydrogen) atoms. The molecule has 2 amide bonds. The third-order valence-electron chi connectivity index (χ3n) is 3.38. The summed E-state index contributed by atoms with van der Waals surface area (Å²) in [5, 5.41) is 2.60. The number of primary amides is 1. The molecule has 0 aliphatic carbocycles. The first-order chi connectivity index (χ1) is 11.4. The lowest BCUT2D eigenvalue weighted by atomic mass is 10.1. The first kappa shape index (κ1) is 17.2. The maximum absolute atomic E-state index is 13.6. The van der Waals surface area contributed by atoms with Crippen LogP contribution in [-0.4, -0.2) is 18.9 Å². The van der Waals surface area contributed by atoms with Gasteiger partial charge in [0.25, 0.3) is 5.91 Å². The molecule has 2 aromatic carbocycles. The molecule has 6 heteroatoms. The van der Waals surface area contributed by atoms with Crippen LogP contribution in [0.4, 0.5) is 10.1 Å². The van der Waals surface area contributed by atoms with Crippen molar-refractivity contribution in [3.8, 4) is 5.75 Å². The monoisotopic (exact) mass is 328 g/mol. The first-order valence-corrected chi connectivity index (χ1v) is 7.14. The molecule has 0 aliphatic rings. The van der Waals surface area contributed by atoms with E-state index < -0.39 is 17.6 Å². The van der Waals surface area contributed by atoms with E-state index in [0.717, 1.165) is 0 Å². The van der Waals surface area contributed by atoms with Crippen molar-refractivity contribution in [2.75, 3.05) is 12.4 Å². The van der Waals surface area contributed by atoms with Gasteiger partial charge in [-0.2, -0.15) is 0 Å². The topological polar surface area (TPSA) is 81.4 Å². The van der Waals surface area contributed by atoms with Crippen LogP contribution in [0.1, 0.15) is 21.5 Å². The SMILES string of the molecule is COc1ccc(C=CC(=O)Nc2cccc(C)c2C(N)=O)cc1F. The van der Waals surface area contributed by atoms with Gasteiger partial charge in [-0.1, -0.05) is 18.2 Å². The van der Waals surface area contributed by atoms with Gasteiger partial charge in [-0.3, -0.25) is 9.59 Å². The average molecular weight is 328 g/mol. The Morgan fingerprint density at radius 3 is 2.62 bits per heavy atom. The minimum Gasteiger partial charge on any atom is -0.494 e. The number of ether oxygens (including phenoxy) is 1. The Morgan fingerprint density at radius 2 is 2.00 bits per heavy atom. The van der Waals surface area contributed by atoms with Crippen LogP contribution in [0.25, 0.3) is 6.08 Å². The predicted molar refractivity (Wildman–Crippen MR) is 90.3 cm³/mol. The Bertz CT molecular complexity index is 816. The van der Waals surface area contributed by atoms with Crippen molar-refractivity contribution in [3.05, 3.63) is 65.0 Å². The number of carbonyl (C=O) groups excluding carboxylic acids is 2. The van der Waals surface area contributed by atoms with Gasteiger partial charge in [0.05, 0.1) is 18.4 Å². The fourth-order valence-electron chi connectivity index (χ4n) is 2.23. The van der Waals surface area contributed by atoms with Gasteiger partial charge in [-0.15, -0.1) is 0 Å². The molecule has 0 fully saturated rings. The number of benzene rings is 2. The van der Waals surface area contributed by atoms with Crippen LogP contribution in [0.5, 0.6) is 5.75 Å². The maximum Gasteiger partial charge on any atom is 0.251 e. The standard InChI is InChI=1S/C18H17FN2O3/c1-11-4-3-5-14(17(11)18(20)23)21-16(22)9-7-12-6-8-15(24-2)13(19)10-12/h3-10H,1-2H3,(H2,20,23)(H,21,22). The van der Waals surface area contributed by atoms with Crippen LogP contribution in [0, 0.1) is 12.7 Å². The highest BCUT2D eigenvalue weighted by molar-refractivity contribution is 6.07. The van der Waals surface area contributed by atoms with E-state index in [1.165, 1.54) is 31.4 Å². The van der Waals surface area contributed by atoms with Gasteiger partial charge >= 0.3 is 0 Å². The molecule has 124 valence electrons. The summed E-state index contributed by atoms with van der Waals surface area (Å²) < 4.78 is 18.4. The summed E-state index contributed by atoms with van der Waals surface area (Å²) in [4.78, 5) is 23.5. The molecule has 0 radical (unpaired) electrons. The number of aryl methyl sites for hydroxylation is 1. The zero-order chi connectivity index (χ0) is 17.7. The second-order valence-electron chi connectivity index (χ2n) is 5.08. The van der Waals surface area contributed by atoms with Gasteiger partial charge in [-0.25, -0.2) is 4.39 Å². The van der Waals surface area contributed by atoms with Gasteiger partial charge in [0.2, 0.25) is 5.91 Å². The second-order valence-corrected chi connectivity index (χ2v) is 5.08. The molecule has 0 atom stereocenters. The van der Waals surface area contributed by atoms with Crippen molar-refractivity contribution in [2.24, 2.45) is 5.73 Å². The Hall–Kier alpha value is -3.15. The number of amides is 2. The third kappa shape index (κ3) is 3.98. The molecule has 0 saturated heterocycles. The lowest BCUT2D eigenvalue weighted by molar-refractivity contribution is -0.111. The predicted octanol–water partition coefficient (Wildman–Crippen LogP) is 2.89. The molecule has 2 aromatic rings. The fourth-order valence-corrected chi connectivity index (χ4v) is 2.23. The highest BCUT2D eigenvalue weighted by Crippen LogP contribution is 2.20. The number of anilines is 1. The Morgan fingerprint density at radius 1 is 1.25 bits per heavy atom. The van der Waals surface area contributed by atoms with Crippen molar-refractivity contribution in [3.63, 3.8) is 0 Å². The number of rotatable bonds is 5. The molecular formula is C18H17FN2O3. The zero-order valence-corrected chi connectivity index (χ0v) is 13.3. The van der Waals surface area contributed by atoms with Gasteiger partial charge in [0, 0.05) is 6.08 Å². The highest BCUT2D eigenvalue weighted by atomic mass is 19.1.